The van der Waals surface area contributed by atoms with Crippen LogP contribution < -0.4 is 11.1 Å². The Balaban J connectivity index is 1.75. The molecule has 11 nitrogen and oxygen atoms in total. The Morgan fingerprint density at radius 1 is 1.14 bits per heavy atom. The second kappa shape index (κ2) is 9.27. The third-order valence-corrected chi connectivity index (χ3v) is 6.88. The van der Waals surface area contributed by atoms with E-state index < -0.39 is 82.0 Å². The van der Waals surface area contributed by atoms with Crippen LogP contribution in [-0.4, -0.2) is 80.3 Å². The van der Waals surface area contributed by atoms with Crippen LogP contribution in [0.4, 0.5) is 10.1 Å². The van der Waals surface area contributed by atoms with Gasteiger partial charge in [0.2, 0.25) is 11.7 Å². The number of nitrogens with two attached hydrogens (primary N) is 1. The highest BCUT2D eigenvalue weighted by Crippen LogP contribution is 2.41. The van der Waals surface area contributed by atoms with Crippen molar-refractivity contribution in [3.8, 4) is 5.75 Å². The SMILES string of the molecule is NC(=O)/C1=C(\O)C(P)/C(O)=C2/C(=O)c3c(O)c(NC(=O)CN4CCCC4)cc(F)c3CN2CC1=O. The lowest BCUT2D eigenvalue weighted by Gasteiger charge is -2.35. The molecule has 0 spiro atoms. The Bertz CT molecular complexity index is 1220. The standard InChI is InChI=1S/C22H24FN4O7P/c23-10-5-11(25-13(29)8-26-3-1-2-4-26)17(30)14-9(10)6-27-7-12(28)15(22(24)34)19(32)21(35)20(33)16(27)18(14)31/h5,21,30,32-33H,1-4,6-8,35H2,(H2,24,34)(H,25,29)/b19-15-,20-16+. The molecule has 3 aliphatic rings. The molecule has 4 rings (SSSR count). The lowest BCUT2D eigenvalue weighted by atomic mass is 9.90. The van der Waals surface area contributed by atoms with Gasteiger partial charge < -0.3 is 31.3 Å². The van der Waals surface area contributed by atoms with Gasteiger partial charge in [0.1, 0.15) is 28.6 Å². The number of carbonyl (C=O) groups excluding carboxylic acids is 4. The van der Waals surface area contributed by atoms with Gasteiger partial charge in [0.15, 0.2) is 11.5 Å². The normalized spacial score (nSPS) is 25.1. The Morgan fingerprint density at radius 2 is 1.80 bits per heavy atom. The number of halogens is 1. The zero-order chi connectivity index (χ0) is 25.6. The number of fused-ring (bicyclic) bond motifs is 2. The summed E-state index contributed by atoms with van der Waals surface area (Å²) in [5.74, 6) is -6.85. The van der Waals surface area contributed by atoms with Crippen LogP contribution in [0.5, 0.6) is 5.75 Å². The summed E-state index contributed by atoms with van der Waals surface area (Å²) in [5.41, 5.74) is 1.50. The fourth-order valence-electron chi connectivity index (χ4n) is 4.54. The van der Waals surface area contributed by atoms with Gasteiger partial charge in [-0.3, -0.25) is 24.1 Å². The van der Waals surface area contributed by atoms with E-state index in [-0.39, 0.29) is 17.8 Å². The molecule has 0 bridgehead atoms. The third-order valence-electron chi connectivity index (χ3n) is 6.25. The van der Waals surface area contributed by atoms with Crippen molar-refractivity contribution in [2.24, 2.45) is 5.73 Å². The van der Waals surface area contributed by atoms with Crippen molar-refractivity contribution in [2.45, 2.75) is 25.0 Å². The number of aromatic hydroxyl groups is 1. The number of primary amides is 1. The van der Waals surface area contributed by atoms with Crippen LogP contribution in [-0.2, 0) is 20.9 Å². The van der Waals surface area contributed by atoms with Crippen LogP contribution in [0.1, 0.15) is 28.8 Å². The Labute approximate surface area is 201 Å². The molecule has 3 aliphatic heterocycles. The fraction of sp³-hybridized carbons (Fsp3) is 0.364. The predicted octanol–water partition coefficient (Wildman–Crippen LogP) is 0.457. The topological polar surface area (TPSA) is 174 Å². The number of carbonyl (C=O) groups is 4. The fourth-order valence-corrected chi connectivity index (χ4v) is 4.87. The van der Waals surface area contributed by atoms with Crippen molar-refractivity contribution in [3.05, 3.63) is 45.8 Å². The molecule has 1 saturated heterocycles. The minimum absolute atomic E-state index is 0.0382. The number of ketones is 2. The van der Waals surface area contributed by atoms with Gasteiger partial charge in [0.05, 0.1) is 30.0 Å². The van der Waals surface area contributed by atoms with Crippen LogP contribution in [0.25, 0.3) is 0 Å². The van der Waals surface area contributed by atoms with E-state index in [4.69, 9.17) is 5.73 Å². The van der Waals surface area contributed by atoms with Crippen LogP contribution in [0.2, 0.25) is 0 Å². The molecule has 1 fully saturated rings. The maximum Gasteiger partial charge on any atom is 0.255 e. The molecular formula is C22H24FN4O7P. The molecule has 2 unspecified atom stereocenters. The molecule has 3 heterocycles. The number of phenols is 1. The van der Waals surface area contributed by atoms with E-state index in [0.29, 0.717) is 0 Å². The monoisotopic (exact) mass is 506 g/mol. The highest BCUT2D eigenvalue weighted by molar-refractivity contribution is 7.18. The number of rotatable bonds is 4. The molecule has 2 atom stereocenters. The number of benzene rings is 1. The van der Waals surface area contributed by atoms with Crippen molar-refractivity contribution in [1.29, 1.82) is 0 Å². The number of amides is 2. The maximum absolute atomic E-state index is 15.1. The Morgan fingerprint density at radius 3 is 2.43 bits per heavy atom. The lowest BCUT2D eigenvalue weighted by Crippen LogP contribution is -2.42. The molecule has 1 aromatic rings. The number of aliphatic hydroxyl groups excluding tert-OH is 2. The second-order valence-electron chi connectivity index (χ2n) is 8.58. The lowest BCUT2D eigenvalue weighted by molar-refractivity contribution is -0.122. The molecule has 0 saturated carbocycles. The smallest absolute Gasteiger partial charge is 0.255 e. The number of nitrogens with one attached hydrogen (secondary N) is 1. The number of phenolic OH excluding ortho intramolecular Hbond substituents is 1. The zero-order valence-corrected chi connectivity index (χ0v) is 19.7. The average Bonchev–Trinajstić information content (AvgIpc) is 3.28. The van der Waals surface area contributed by atoms with Crippen molar-refractivity contribution in [1.82, 2.24) is 9.80 Å². The van der Waals surface area contributed by atoms with Gasteiger partial charge in [-0.2, -0.15) is 0 Å². The van der Waals surface area contributed by atoms with Crippen LogP contribution >= 0.6 is 9.24 Å². The second-order valence-corrected chi connectivity index (χ2v) is 9.25. The van der Waals surface area contributed by atoms with Crippen molar-refractivity contribution >= 4 is 38.3 Å². The van der Waals surface area contributed by atoms with Crippen molar-refractivity contribution in [2.75, 3.05) is 31.5 Å². The highest BCUT2D eigenvalue weighted by atomic mass is 31.0. The van der Waals surface area contributed by atoms with Gasteiger partial charge in [-0.05, 0) is 25.9 Å². The number of allylic oxidation sites excluding steroid dienone is 1. The average molecular weight is 506 g/mol. The number of aliphatic hydroxyl groups is 2. The van der Waals surface area contributed by atoms with Crippen LogP contribution in [0.15, 0.2) is 28.9 Å². The quantitative estimate of drug-likeness (QED) is 0.221. The molecule has 35 heavy (non-hydrogen) atoms. The first-order valence-electron chi connectivity index (χ1n) is 10.8. The van der Waals surface area contributed by atoms with E-state index in [2.05, 4.69) is 5.32 Å². The summed E-state index contributed by atoms with van der Waals surface area (Å²) in [6, 6.07) is 0.878. The number of Topliss-reactive ketones (excluding diaryl/α,β-unsaturated/α-hetero) is 2. The van der Waals surface area contributed by atoms with Crippen molar-refractivity contribution in [3.63, 3.8) is 0 Å². The summed E-state index contributed by atoms with van der Waals surface area (Å²) < 4.78 is 15.1. The molecule has 2 amide bonds. The number of hydrogen-bond acceptors (Lipinski definition) is 9. The minimum atomic E-state index is -1.44. The van der Waals surface area contributed by atoms with E-state index in [9.17, 15) is 34.5 Å². The summed E-state index contributed by atoms with van der Waals surface area (Å²) >= 11 is 0. The number of nitrogens with zero attached hydrogens (tertiary/aromatic N) is 2. The molecule has 186 valence electrons. The Hall–Kier alpha value is -3.50. The van der Waals surface area contributed by atoms with E-state index >= 15 is 4.39 Å². The number of hydrogen-bond donors (Lipinski definition) is 5. The summed E-state index contributed by atoms with van der Waals surface area (Å²) in [6.07, 6.45) is 1.92. The van der Waals surface area contributed by atoms with E-state index in [1.54, 1.807) is 0 Å². The number of anilines is 1. The number of likely N-dealkylation sites (tertiary alicyclic amines) is 1. The molecule has 0 radical (unpaired) electrons. The first kappa shape index (κ1) is 24.6. The zero-order valence-electron chi connectivity index (χ0n) is 18.5. The molecule has 1 aromatic carbocycles. The minimum Gasteiger partial charge on any atom is -0.510 e. The first-order valence-corrected chi connectivity index (χ1v) is 11.5. The third kappa shape index (κ3) is 4.35. The largest absolute Gasteiger partial charge is 0.510 e. The van der Waals surface area contributed by atoms with Gasteiger partial charge in [0.25, 0.3) is 5.91 Å². The van der Waals surface area contributed by atoms with Gasteiger partial charge in [0, 0.05) is 18.2 Å². The van der Waals surface area contributed by atoms with Crippen molar-refractivity contribution < 1.29 is 38.9 Å². The highest BCUT2D eigenvalue weighted by Gasteiger charge is 2.41. The summed E-state index contributed by atoms with van der Waals surface area (Å²) in [5, 5.41) is 34.3. The predicted molar refractivity (Wildman–Crippen MR) is 124 cm³/mol. The van der Waals surface area contributed by atoms with E-state index in [1.807, 2.05) is 14.1 Å². The van der Waals surface area contributed by atoms with Crippen LogP contribution in [0, 0.1) is 5.82 Å². The maximum atomic E-state index is 15.1. The van der Waals surface area contributed by atoms with Gasteiger partial charge in [-0.25, -0.2) is 4.39 Å². The van der Waals surface area contributed by atoms with E-state index in [1.165, 1.54) is 0 Å². The van der Waals surface area contributed by atoms with Gasteiger partial charge >= 0.3 is 0 Å². The molecule has 6 N–H and O–H groups in total. The molecule has 13 heteroatoms. The van der Waals surface area contributed by atoms with Crippen LogP contribution in [0.3, 0.4) is 0 Å². The first-order chi connectivity index (χ1) is 16.5. The summed E-state index contributed by atoms with van der Waals surface area (Å²) in [6.45, 7) is 0.438. The van der Waals surface area contributed by atoms with E-state index in [0.717, 1.165) is 36.9 Å². The summed E-state index contributed by atoms with van der Waals surface area (Å²) in [4.78, 5) is 53.1. The molecule has 0 aromatic heterocycles. The van der Waals surface area contributed by atoms with Gasteiger partial charge in [-0.1, -0.05) is 0 Å². The Kier molecular flexibility index (Phi) is 6.52. The molecule has 0 aliphatic carbocycles. The summed E-state index contributed by atoms with van der Waals surface area (Å²) in [7, 11) is 2.00. The van der Waals surface area contributed by atoms with Gasteiger partial charge in [-0.15, -0.1) is 9.24 Å². The molecular weight excluding hydrogens is 482 g/mol.